The van der Waals surface area contributed by atoms with Crippen LogP contribution in [0.3, 0.4) is 0 Å². The summed E-state index contributed by atoms with van der Waals surface area (Å²) in [5.41, 5.74) is 1.79. The molecule has 1 heterocycles. The van der Waals surface area contributed by atoms with Gasteiger partial charge in [-0.25, -0.2) is 0 Å². The molecule has 1 N–H and O–H groups in total. The SMILES string of the molecule is Cc1ccc(N2CC(C(=O)O)N(C)CC2=O)cc1Br. The summed E-state index contributed by atoms with van der Waals surface area (Å²) in [4.78, 5) is 26.3. The Kier molecular flexibility index (Phi) is 3.91. The first-order chi connectivity index (χ1) is 8.90. The molecule has 0 spiro atoms. The van der Waals surface area contributed by atoms with Crippen molar-refractivity contribution in [2.24, 2.45) is 0 Å². The molecule has 0 bridgehead atoms. The van der Waals surface area contributed by atoms with Crippen LogP contribution in [-0.2, 0) is 9.59 Å². The van der Waals surface area contributed by atoms with Crippen molar-refractivity contribution in [3.8, 4) is 0 Å². The fraction of sp³-hybridized carbons (Fsp3) is 0.385. The fourth-order valence-corrected chi connectivity index (χ4v) is 2.46. The van der Waals surface area contributed by atoms with Gasteiger partial charge in [-0.15, -0.1) is 0 Å². The van der Waals surface area contributed by atoms with Gasteiger partial charge in [0.05, 0.1) is 13.1 Å². The van der Waals surface area contributed by atoms with Gasteiger partial charge in [-0.2, -0.15) is 0 Å². The lowest BCUT2D eigenvalue weighted by atomic mass is 10.1. The lowest BCUT2D eigenvalue weighted by molar-refractivity contribution is -0.144. The minimum atomic E-state index is -0.911. The van der Waals surface area contributed by atoms with E-state index in [2.05, 4.69) is 15.9 Å². The number of rotatable bonds is 2. The maximum Gasteiger partial charge on any atom is 0.322 e. The summed E-state index contributed by atoms with van der Waals surface area (Å²) >= 11 is 3.42. The Morgan fingerprint density at radius 1 is 1.47 bits per heavy atom. The van der Waals surface area contributed by atoms with Crippen LogP contribution in [0.15, 0.2) is 22.7 Å². The second-order valence-electron chi connectivity index (χ2n) is 4.71. The molecule has 1 aromatic rings. The molecule has 1 aliphatic heterocycles. The van der Waals surface area contributed by atoms with Gasteiger partial charge in [0.25, 0.3) is 0 Å². The zero-order valence-corrected chi connectivity index (χ0v) is 12.3. The summed E-state index contributed by atoms with van der Waals surface area (Å²) in [7, 11) is 1.65. The normalized spacial score (nSPS) is 20.7. The number of benzene rings is 1. The van der Waals surface area contributed by atoms with Crippen LogP contribution in [0, 0.1) is 6.92 Å². The molecule has 2 rings (SSSR count). The third-order valence-corrected chi connectivity index (χ3v) is 4.18. The minimum absolute atomic E-state index is 0.0873. The van der Waals surface area contributed by atoms with Gasteiger partial charge in [0, 0.05) is 10.2 Å². The number of amides is 1. The Bertz CT molecular complexity index is 533. The summed E-state index contributed by atoms with van der Waals surface area (Å²) < 4.78 is 0.906. The molecule has 6 heteroatoms. The van der Waals surface area contributed by atoms with E-state index >= 15 is 0 Å². The number of hydrogen-bond acceptors (Lipinski definition) is 3. The first kappa shape index (κ1) is 14.0. The number of aryl methyl sites for hydroxylation is 1. The van der Waals surface area contributed by atoms with Crippen LogP contribution in [0.2, 0.25) is 0 Å². The number of anilines is 1. The zero-order chi connectivity index (χ0) is 14.2. The summed E-state index contributed by atoms with van der Waals surface area (Å²) in [6.45, 7) is 2.24. The van der Waals surface area contributed by atoms with E-state index in [0.29, 0.717) is 0 Å². The van der Waals surface area contributed by atoms with E-state index in [1.165, 1.54) is 4.90 Å². The van der Waals surface area contributed by atoms with Crippen LogP contribution < -0.4 is 4.90 Å². The Morgan fingerprint density at radius 2 is 2.16 bits per heavy atom. The molecule has 0 radical (unpaired) electrons. The van der Waals surface area contributed by atoms with Gasteiger partial charge in [-0.3, -0.25) is 14.5 Å². The smallest absolute Gasteiger partial charge is 0.322 e. The van der Waals surface area contributed by atoms with E-state index in [1.54, 1.807) is 11.9 Å². The number of likely N-dealkylation sites (N-methyl/N-ethyl adjacent to an activating group) is 1. The van der Waals surface area contributed by atoms with Gasteiger partial charge < -0.3 is 10.0 Å². The number of halogens is 1. The summed E-state index contributed by atoms with van der Waals surface area (Å²) in [5, 5.41) is 9.17. The lowest BCUT2D eigenvalue weighted by Gasteiger charge is -2.36. The number of aliphatic carboxylic acids is 1. The lowest BCUT2D eigenvalue weighted by Crippen LogP contribution is -2.57. The highest BCUT2D eigenvalue weighted by Gasteiger charge is 2.34. The number of carboxylic acid groups (broad SMARTS) is 1. The highest BCUT2D eigenvalue weighted by atomic mass is 79.9. The maximum absolute atomic E-state index is 12.0. The Labute approximate surface area is 119 Å². The van der Waals surface area contributed by atoms with E-state index < -0.39 is 12.0 Å². The predicted molar refractivity (Wildman–Crippen MR) is 75.3 cm³/mol. The van der Waals surface area contributed by atoms with Crippen molar-refractivity contribution >= 4 is 33.5 Å². The van der Waals surface area contributed by atoms with Crippen molar-refractivity contribution in [2.45, 2.75) is 13.0 Å². The number of piperazine rings is 1. The number of carbonyl (C=O) groups is 2. The van der Waals surface area contributed by atoms with Gasteiger partial charge in [-0.05, 0) is 31.7 Å². The number of nitrogens with zero attached hydrogens (tertiary/aromatic N) is 2. The van der Waals surface area contributed by atoms with Gasteiger partial charge in [-0.1, -0.05) is 22.0 Å². The van der Waals surface area contributed by atoms with Crippen LogP contribution in [0.4, 0.5) is 5.69 Å². The fourth-order valence-electron chi connectivity index (χ4n) is 2.09. The molecular weight excluding hydrogens is 312 g/mol. The first-order valence-corrected chi connectivity index (χ1v) is 6.69. The monoisotopic (exact) mass is 326 g/mol. The highest BCUT2D eigenvalue weighted by molar-refractivity contribution is 9.10. The average molecular weight is 327 g/mol. The van der Waals surface area contributed by atoms with Crippen LogP contribution >= 0.6 is 15.9 Å². The zero-order valence-electron chi connectivity index (χ0n) is 10.8. The van der Waals surface area contributed by atoms with Crippen LogP contribution in [0.1, 0.15) is 5.56 Å². The molecule has 5 nitrogen and oxygen atoms in total. The Morgan fingerprint density at radius 3 is 2.74 bits per heavy atom. The molecule has 1 atom stereocenters. The average Bonchev–Trinajstić information content (AvgIpc) is 2.32. The third kappa shape index (κ3) is 2.79. The van der Waals surface area contributed by atoms with Gasteiger partial charge in [0.2, 0.25) is 5.91 Å². The van der Waals surface area contributed by atoms with Crippen LogP contribution in [0.5, 0.6) is 0 Å². The van der Waals surface area contributed by atoms with Crippen molar-refractivity contribution in [2.75, 3.05) is 25.0 Å². The highest BCUT2D eigenvalue weighted by Crippen LogP contribution is 2.25. The molecule has 19 heavy (non-hydrogen) atoms. The molecular formula is C13H15BrN2O3. The van der Waals surface area contributed by atoms with Gasteiger partial charge >= 0.3 is 5.97 Å². The Balaban J connectivity index is 2.30. The molecule has 1 aromatic carbocycles. The molecule has 0 aromatic heterocycles. The topological polar surface area (TPSA) is 60.9 Å². The molecule has 0 aliphatic carbocycles. The molecule has 1 saturated heterocycles. The largest absolute Gasteiger partial charge is 0.480 e. The molecule has 1 amide bonds. The maximum atomic E-state index is 12.0. The second kappa shape index (κ2) is 5.30. The minimum Gasteiger partial charge on any atom is -0.480 e. The van der Waals surface area contributed by atoms with E-state index in [9.17, 15) is 9.59 Å². The van der Waals surface area contributed by atoms with Crippen molar-refractivity contribution in [1.82, 2.24) is 4.90 Å². The van der Waals surface area contributed by atoms with E-state index in [-0.39, 0.29) is 19.0 Å². The second-order valence-corrected chi connectivity index (χ2v) is 5.56. The van der Waals surface area contributed by atoms with E-state index in [4.69, 9.17) is 5.11 Å². The summed E-state index contributed by atoms with van der Waals surface area (Å²) in [5.74, 6) is -0.998. The van der Waals surface area contributed by atoms with Crippen molar-refractivity contribution in [3.63, 3.8) is 0 Å². The predicted octanol–water partition coefficient (Wildman–Crippen LogP) is 1.49. The molecule has 1 unspecified atom stereocenters. The van der Waals surface area contributed by atoms with Crippen LogP contribution in [0.25, 0.3) is 0 Å². The number of hydrogen-bond donors (Lipinski definition) is 1. The molecule has 1 aliphatic rings. The number of carboxylic acids is 1. The molecule has 1 fully saturated rings. The van der Waals surface area contributed by atoms with E-state index in [1.807, 2.05) is 25.1 Å². The quantitative estimate of drug-likeness (QED) is 0.894. The third-order valence-electron chi connectivity index (χ3n) is 3.33. The Hall–Kier alpha value is -1.40. The van der Waals surface area contributed by atoms with Gasteiger partial charge in [0.1, 0.15) is 6.04 Å². The van der Waals surface area contributed by atoms with Crippen molar-refractivity contribution in [1.29, 1.82) is 0 Å². The summed E-state index contributed by atoms with van der Waals surface area (Å²) in [6.07, 6.45) is 0. The van der Waals surface area contributed by atoms with Crippen molar-refractivity contribution in [3.05, 3.63) is 28.2 Å². The summed E-state index contributed by atoms with van der Waals surface area (Å²) in [6, 6.07) is 4.92. The first-order valence-electron chi connectivity index (χ1n) is 5.89. The van der Waals surface area contributed by atoms with Crippen molar-refractivity contribution < 1.29 is 14.7 Å². The van der Waals surface area contributed by atoms with Gasteiger partial charge in [0.15, 0.2) is 0 Å². The molecule has 102 valence electrons. The molecule has 0 saturated carbocycles. The number of carbonyl (C=O) groups excluding carboxylic acids is 1. The van der Waals surface area contributed by atoms with Crippen LogP contribution in [-0.4, -0.2) is 48.1 Å². The van der Waals surface area contributed by atoms with E-state index in [0.717, 1.165) is 15.7 Å². The standard InChI is InChI=1S/C13H15BrN2O3/c1-8-3-4-9(5-10(8)14)16-6-11(13(18)19)15(2)7-12(16)17/h3-5,11H,6-7H2,1-2H3,(H,18,19).